The number of rotatable bonds is 4. The molecule has 4 nitrogen and oxygen atoms in total. The molecule has 1 heterocycles. The number of hydrogen-bond acceptors (Lipinski definition) is 3. The van der Waals surface area contributed by atoms with E-state index in [-0.39, 0.29) is 11.8 Å². The average Bonchev–Trinajstić information content (AvgIpc) is 2.42. The highest BCUT2D eigenvalue weighted by atomic mass is 16.5. The van der Waals surface area contributed by atoms with Crippen molar-refractivity contribution in [1.29, 1.82) is 0 Å². The minimum atomic E-state index is 0.109. The zero-order chi connectivity index (χ0) is 14.5. The van der Waals surface area contributed by atoms with Gasteiger partial charge in [-0.3, -0.25) is 4.79 Å². The fourth-order valence-corrected chi connectivity index (χ4v) is 2.64. The molecule has 4 heteroatoms. The predicted molar refractivity (Wildman–Crippen MR) is 81.2 cm³/mol. The molecule has 0 aliphatic carbocycles. The normalized spacial score (nSPS) is 22.4. The molecule has 0 radical (unpaired) electrons. The van der Waals surface area contributed by atoms with E-state index >= 15 is 0 Å². The van der Waals surface area contributed by atoms with Gasteiger partial charge in [-0.1, -0.05) is 0 Å². The maximum atomic E-state index is 12.3. The number of carbonyl (C=O) groups excluding carboxylic acids is 1. The van der Waals surface area contributed by atoms with Crippen LogP contribution in [-0.4, -0.2) is 25.1 Å². The van der Waals surface area contributed by atoms with Gasteiger partial charge in [-0.15, -0.1) is 0 Å². The van der Waals surface area contributed by atoms with Crippen LogP contribution in [0, 0.1) is 12.8 Å². The predicted octanol–water partition coefficient (Wildman–Crippen LogP) is 2.72. The summed E-state index contributed by atoms with van der Waals surface area (Å²) < 4.78 is 5.46. The van der Waals surface area contributed by atoms with E-state index in [9.17, 15) is 4.79 Å². The number of aryl methyl sites for hydroxylation is 1. The summed E-state index contributed by atoms with van der Waals surface area (Å²) in [5.74, 6) is 1.08. The number of benzene rings is 1. The molecule has 0 bridgehead atoms. The minimum Gasteiger partial charge on any atom is -0.494 e. The van der Waals surface area contributed by atoms with Crippen LogP contribution in [0.2, 0.25) is 0 Å². The van der Waals surface area contributed by atoms with Crippen LogP contribution in [0.15, 0.2) is 18.2 Å². The van der Waals surface area contributed by atoms with Crippen molar-refractivity contribution in [3.8, 4) is 5.75 Å². The maximum absolute atomic E-state index is 12.3. The molecular weight excluding hydrogens is 252 g/mol. The Kier molecular flexibility index (Phi) is 5.01. The first-order valence-corrected chi connectivity index (χ1v) is 7.38. The lowest BCUT2D eigenvalue weighted by Gasteiger charge is -2.27. The molecule has 2 N–H and O–H groups in total. The molecule has 1 aliphatic heterocycles. The van der Waals surface area contributed by atoms with E-state index in [0.717, 1.165) is 36.4 Å². The second kappa shape index (κ2) is 6.75. The summed E-state index contributed by atoms with van der Waals surface area (Å²) in [4.78, 5) is 12.3. The topological polar surface area (TPSA) is 50.4 Å². The van der Waals surface area contributed by atoms with Gasteiger partial charge >= 0.3 is 0 Å². The van der Waals surface area contributed by atoms with E-state index in [1.165, 1.54) is 0 Å². The van der Waals surface area contributed by atoms with Crippen molar-refractivity contribution in [3.63, 3.8) is 0 Å². The van der Waals surface area contributed by atoms with E-state index in [2.05, 4.69) is 17.6 Å². The van der Waals surface area contributed by atoms with Crippen molar-refractivity contribution in [2.45, 2.75) is 39.7 Å². The second-order valence-electron chi connectivity index (χ2n) is 5.48. The summed E-state index contributed by atoms with van der Waals surface area (Å²) in [5, 5.41) is 6.41. The Labute approximate surface area is 120 Å². The van der Waals surface area contributed by atoms with E-state index in [1.54, 1.807) is 0 Å². The third-order valence-corrected chi connectivity index (χ3v) is 3.76. The minimum absolute atomic E-state index is 0.109. The smallest absolute Gasteiger partial charge is 0.227 e. The van der Waals surface area contributed by atoms with Gasteiger partial charge in [-0.2, -0.15) is 0 Å². The number of amides is 1. The zero-order valence-electron chi connectivity index (χ0n) is 12.5. The molecule has 2 rings (SSSR count). The summed E-state index contributed by atoms with van der Waals surface area (Å²) in [6.45, 7) is 7.65. The van der Waals surface area contributed by atoms with Gasteiger partial charge < -0.3 is 15.4 Å². The molecule has 1 saturated heterocycles. The van der Waals surface area contributed by atoms with Crippen molar-refractivity contribution >= 4 is 11.6 Å². The highest BCUT2D eigenvalue weighted by molar-refractivity contribution is 5.93. The fourth-order valence-electron chi connectivity index (χ4n) is 2.64. The van der Waals surface area contributed by atoms with Crippen LogP contribution in [-0.2, 0) is 4.79 Å². The lowest BCUT2D eigenvalue weighted by atomic mass is 9.92. The van der Waals surface area contributed by atoms with E-state index < -0.39 is 0 Å². The highest BCUT2D eigenvalue weighted by Crippen LogP contribution is 2.24. The molecule has 1 fully saturated rings. The number of ether oxygens (including phenoxy) is 1. The van der Waals surface area contributed by atoms with E-state index in [1.807, 2.05) is 32.0 Å². The molecule has 20 heavy (non-hydrogen) atoms. The molecule has 1 aliphatic rings. The maximum Gasteiger partial charge on any atom is 0.227 e. The molecule has 0 aromatic heterocycles. The van der Waals surface area contributed by atoms with Crippen LogP contribution in [0.3, 0.4) is 0 Å². The lowest BCUT2D eigenvalue weighted by molar-refractivity contribution is -0.120. The first-order valence-electron chi connectivity index (χ1n) is 7.38. The standard InChI is InChI=1S/C16H24N2O2/c1-4-20-14-5-6-15(11(2)9-14)18-16(19)13-7-8-17-12(3)10-13/h5-6,9,12-13,17H,4,7-8,10H2,1-3H3,(H,18,19). The van der Waals surface area contributed by atoms with Gasteiger partial charge in [0.2, 0.25) is 5.91 Å². The summed E-state index contributed by atoms with van der Waals surface area (Å²) in [6.07, 6.45) is 1.81. The van der Waals surface area contributed by atoms with Crippen LogP contribution in [0.1, 0.15) is 32.3 Å². The first-order chi connectivity index (χ1) is 9.60. The Morgan fingerprint density at radius 1 is 1.50 bits per heavy atom. The SMILES string of the molecule is CCOc1ccc(NC(=O)C2CCNC(C)C2)c(C)c1. The third kappa shape index (κ3) is 3.73. The van der Waals surface area contributed by atoms with Gasteiger partial charge in [-0.05, 0) is 63.9 Å². The van der Waals surface area contributed by atoms with Gasteiger partial charge in [0.1, 0.15) is 5.75 Å². The quantitative estimate of drug-likeness (QED) is 0.889. The van der Waals surface area contributed by atoms with E-state index in [0.29, 0.717) is 12.6 Å². The van der Waals surface area contributed by atoms with Crippen LogP contribution in [0.25, 0.3) is 0 Å². The molecule has 1 aromatic rings. The zero-order valence-corrected chi connectivity index (χ0v) is 12.5. The van der Waals surface area contributed by atoms with Crippen LogP contribution in [0.5, 0.6) is 5.75 Å². The Morgan fingerprint density at radius 3 is 2.95 bits per heavy atom. The second-order valence-corrected chi connectivity index (χ2v) is 5.48. The summed E-state index contributed by atoms with van der Waals surface area (Å²) >= 11 is 0. The molecule has 1 amide bonds. The third-order valence-electron chi connectivity index (χ3n) is 3.76. The fraction of sp³-hybridized carbons (Fsp3) is 0.562. The molecule has 2 unspecified atom stereocenters. The lowest BCUT2D eigenvalue weighted by Crippen LogP contribution is -2.40. The van der Waals surface area contributed by atoms with Crippen molar-refractivity contribution < 1.29 is 9.53 Å². The van der Waals surface area contributed by atoms with Crippen LogP contribution < -0.4 is 15.4 Å². The van der Waals surface area contributed by atoms with Gasteiger partial charge in [0.15, 0.2) is 0 Å². The largest absolute Gasteiger partial charge is 0.494 e. The Morgan fingerprint density at radius 2 is 2.30 bits per heavy atom. The first kappa shape index (κ1) is 14.9. The van der Waals surface area contributed by atoms with Gasteiger partial charge in [0.25, 0.3) is 0 Å². The summed E-state index contributed by atoms with van der Waals surface area (Å²) in [5.41, 5.74) is 1.91. The van der Waals surface area contributed by atoms with Crippen molar-refractivity contribution in [2.75, 3.05) is 18.5 Å². The van der Waals surface area contributed by atoms with Gasteiger partial charge in [-0.25, -0.2) is 0 Å². The Bertz CT molecular complexity index is 474. The number of anilines is 1. The van der Waals surface area contributed by atoms with Crippen molar-refractivity contribution in [3.05, 3.63) is 23.8 Å². The number of nitrogens with one attached hydrogen (secondary N) is 2. The molecule has 0 saturated carbocycles. The van der Waals surface area contributed by atoms with Crippen LogP contribution >= 0.6 is 0 Å². The average molecular weight is 276 g/mol. The monoisotopic (exact) mass is 276 g/mol. The van der Waals surface area contributed by atoms with Gasteiger partial charge in [0.05, 0.1) is 6.61 Å². The van der Waals surface area contributed by atoms with E-state index in [4.69, 9.17) is 4.74 Å². The summed E-state index contributed by atoms with van der Waals surface area (Å²) in [7, 11) is 0. The Balaban J connectivity index is 2.00. The highest BCUT2D eigenvalue weighted by Gasteiger charge is 2.24. The molecule has 2 atom stereocenters. The molecule has 110 valence electrons. The Hall–Kier alpha value is -1.55. The molecule has 0 spiro atoms. The number of carbonyl (C=O) groups is 1. The number of piperidine rings is 1. The number of hydrogen-bond donors (Lipinski definition) is 2. The molecule has 1 aromatic carbocycles. The van der Waals surface area contributed by atoms with Crippen molar-refractivity contribution in [2.24, 2.45) is 5.92 Å². The molecular formula is C16H24N2O2. The summed E-state index contributed by atoms with van der Waals surface area (Å²) in [6, 6.07) is 6.20. The van der Waals surface area contributed by atoms with Gasteiger partial charge in [0, 0.05) is 17.6 Å². The van der Waals surface area contributed by atoms with Crippen LogP contribution in [0.4, 0.5) is 5.69 Å². The van der Waals surface area contributed by atoms with Crippen molar-refractivity contribution in [1.82, 2.24) is 5.32 Å².